The van der Waals surface area contributed by atoms with Crippen molar-refractivity contribution in [1.29, 1.82) is 0 Å². The zero-order valence-electron chi connectivity index (χ0n) is 9.72. The van der Waals surface area contributed by atoms with Gasteiger partial charge in [0.2, 0.25) is 0 Å². The molecule has 2 fully saturated rings. The summed E-state index contributed by atoms with van der Waals surface area (Å²) in [6, 6.07) is 0. The summed E-state index contributed by atoms with van der Waals surface area (Å²) < 4.78 is 5.12. The van der Waals surface area contributed by atoms with Crippen LogP contribution in [0.4, 0.5) is 0 Å². The normalized spacial score (nSPS) is 26.2. The number of esters is 1. The van der Waals surface area contributed by atoms with Crippen LogP contribution in [0.1, 0.15) is 46.5 Å². The van der Waals surface area contributed by atoms with E-state index in [-0.39, 0.29) is 5.97 Å². The molecule has 0 heterocycles. The minimum absolute atomic E-state index is 0.385. The van der Waals surface area contributed by atoms with Gasteiger partial charge in [0.1, 0.15) is 5.60 Å². The second-order valence-electron chi connectivity index (χ2n) is 5.74. The van der Waals surface area contributed by atoms with Gasteiger partial charge < -0.3 is 4.74 Å². The average Bonchev–Trinajstić information content (AvgIpc) is 2.70. The molecular weight excluding hydrogens is 188 g/mol. The van der Waals surface area contributed by atoms with Crippen LogP contribution >= 0.6 is 0 Å². The molecule has 82 valence electrons. The van der Waals surface area contributed by atoms with E-state index in [9.17, 15) is 4.79 Å². The molecule has 2 nitrogen and oxygen atoms in total. The Bertz CT molecular complexity index is 334. The van der Waals surface area contributed by atoms with Crippen molar-refractivity contribution in [3.05, 3.63) is 0 Å². The van der Waals surface area contributed by atoms with Gasteiger partial charge in [-0.2, -0.15) is 0 Å². The van der Waals surface area contributed by atoms with Crippen molar-refractivity contribution >= 4 is 5.97 Å². The minimum Gasteiger partial charge on any atom is -0.450 e. The molecule has 2 aliphatic rings. The van der Waals surface area contributed by atoms with Gasteiger partial charge in [0, 0.05) is 11.8 Å². The molecule has 0 aliphatic heterocycles. The van der Waals surface area contributed by atoms with Gasteiger partial charge in [0.15, 0.2) is 0 Å². The van der Waals surface area contributed by atoms with Crippen LogP contribution < -0.4 is 0 Å². The SMILES string of the molecule is CC(C)(C)OC(=O)C#CC1CC12CCC2. The number of carbonyl (C=O) groups excluding carboxylic acids is 1. The monoisotopic (exact) mass is 206 g/mol. The molecule has 0 saturated heterocycles. The van der Waals surface area contributed by atoms with E-state index in [4.69, 9.17) is 4.74 Å². The van der Waals surface area contributed by atoms with Crippen molar-refractivity contribution in [3.8, 4) is 11.8 Å². The fourth-order valence-electron chi connectivity index (χ4n) is 2.18. The van der Waals surface area contributed by atoms with E-state index in [1.807, 2.05) is 20.8 Å². The van der Waals surface area contributed by atoms with Crippen LogP contribution in [0.3, 0.4) is 0 Å². The summed E-state index contributed by atoms with van der Waals surface area (Å²) in [6.07, 6.45) is 5.15. The number of ether oxygens (including phenoxy) is 1. The first-order valence-corrected chi connectivity index (χ1v) is 5.66. The Morgan fingerprint density at radius 3 is 2.47 bits per heavy atom. The topological polar surface area (TPSA) is 26.3 Å². The van der Waals surface area contributed by atoms with Crippen LogP contribution in [-0.4, -0.2) is 11.6 Å². The number of rotatable bonds is 0. The Labute approximate surface area is 91.4 Å². The lowest BCUT2D eigenvalue weighted by molar-refractivity contribution is -0.147. The van der Waals surface area contributed by atoms with Gasteiger partial charge in [-0.3, -0.25) is 0 Å². The third kappa shape index (κ3) is 2.34. The van der Waals surface area contributed by atoms with E-state index in [0.29, 0.717) is 11.3 Å². The summed E-state index contributed by atoms with van der Waals surface area (Å²) in [5.41, 5.74) is 0.0957. The molecule has 0 radical (unpaired) electrons. The smallest absolute Gasteiger partial charge is 0.384 e. The highest BCUT2D eigenvalue weighted by Gasteiger charge is 2.56. The van der Waals surface area contributed by atoms with E-state index in [1.54, 1.807) is 0 Å². The first-order chi connectivity index (χ1) is 6.91. The van der Waals surface area contributed by atoms with Crippen LogP contribution in [-0.2, 0) is 9.53 Å². The lowest BCUT2D eigenvalue weighted by Crippen LogP contribution is -2.22. The van der Waals surface area contributed by atoms with Gasteiger partial charge in [-0.15, -0.1) is 0 Å². The minimum atomic E-state index is -0.427. The largest absolute Gasteiger partial charge is 0.450 e. The lowest BCUT2D eigenvalue weighted by atomic mass is 9.80. The molecule has 0 aromatic rings. The van der Waals surface area contributed by atoms with Crippen molar-refractivity contribution in [2.24, 2.45) is 11.3 Å². The van der Waals surface area contributed by atoms with Crippen molar-refractivity contribution in [3.63, 3.8) is 0 Å². The number of carbonyl (C=O) groups is 1. The van der Waals surface area contributed by atoms with E-state index in [0.717, 1.165) is 0 Å². The van der Waals surface area contributed by atoms with Crippen LogP contribution in [0.5, 0.6) is 0 Å². The predicted molar refractivity (Wildman–Crippen MR) is 58.0 cm³/mol. The van der Waals surface area contributed by atoms with Gasteiger partial charge in [0.25, 0.3) is 0 Å². The van der Waals surface area contributed by atoms with Crippen molar-refractivity contribution in [2.45, 2.75) is 52.1 Å². The van der Waals surface area contributed by atoms with Crippen molar-refractivity contribution < 1.29 is 9.53 Å². The highest BCUT2D eigenvalue weighted by molar-refractivity contribution is 5.88. The summed E-state index contributed by atoms with van der Waals surface area (Å²) in [7, 11) is 0. The fraction of sp³-hybridized carbons (Fsp3) is 0.769. The zero-order chi connectivity index (χ0) is 11.1. The molecule has 1 atom stereocenters. The van der Waals surface area contributed by atoms with Gasteiger partial charge in [0.05, 0.1) is 0 Å². The summed E-state index contributed by atoms with van der Waals surface area (Å²) in [4.78, 5) is 11.3. The summed E-state index contributed by atoms with van der Waals surface area (Å²) >= 11 is 0. The molecule has 0 aromatic carbocycles. The van der Waals surface area contributed by atoms with Crippen molar-refractivity contribution in [1.82, 2.24) is 0 Å². The highest BCUT2D eigenvalue weighted by atomic mass is 16.6. The Morgan fingerprint density at radius 1 is 1.40 bits per heavy atom. The molecular formula is C13H18O2. The second kappa shape index (κ2) is 3.27. The third-order valence-electron chi connectivity index (χ3n) is 3.29. The average molecular weight is 206 g/mol. The molecule has 1 spiro atoms. The van der Waals surface area contributed by atoms with E-state index in [1.165, 1.54) is 25.7 Å². The number of hydrogen-bond donors (Lipinski definition) is 0. The summed E-state index contributed by atoms with van der Waals surface area (Å²) in [5, 5.41) is 0. The molecule has 2 heteroatoms. The number of hydrogen-bond acceptors (Lipinski definition) is 2. The molecule has 2 aliphatic carbocycles. The quantitative estimate of drug-likeness (QED) is 0.346. The molecule has 1 unspecified atom stereocenters. The van der Waals surface area contributed by atoms with Gasteiger partial charge in [-0.25, -0.2) is 4.79 Å². The Kier molecular flexibility index (Phi) is 2.30. The van der Waals surface area contributed by atoms with Crippen LogP contribution in [0.25, 0.3) is 0 Å². The second-order valence-corrected chi connectivity index (χ2v) is 5.74. The van der Waals surface area contributed by atoms with Crippen molar-refractivity contribution in [2.75, 3.05) is 0 Å². The van der Waals surface area contributed by atoms with Crippen LogP contribution in [0.2, 0.25) is 0 Å². The molecule has 2 saturated carbocycles. The van der Waals surface area contributed by atoms with E-state index >= 15 is 0 Å². The van der Waals surface area contributed by atoms with Gasteiger partial charge in [-0.1, -0.05) is 12.3 Å². The van der Waals surface area contributed by atoms with Gasteiger partial charge >= 0.3 is 5.97 Å². The molecule has 0 aromatic heterocycles. The first-order valence-electron chi connectivity index (χ1n) is 5.66. The first kappa shape index (κ1) is 10.5. The zero-order valence-corrected chi connectivity index (χ0v) is 9.72. The van der Waals surface area contributed by atoms with Crippen LogP contribution in [0.15, 0.2) is 0 Å². The lowest BCUT2D eigenvalue weighted by Gasteiger charge is -2.25. The maximum atomic E-state index is 11.3. The Hall–Kier alpha value is -0.970. The molecule has 0 bridgehead atoms. The Morgan fingerprint density at radius 2 is 2.07 bits per heavy atom. The molecule has 2 rings (SSSR count). The molecule has 0 amide bonds. The highest BCUT2D eigenvalue weighted by Crippen LogP contribution is 2.65. The maximum absolute atomic E-state index is 11.3. The van der Waals surface area contributed by atoms with Gasteiger partial charge in [-0.05, 0) is 45.4 Å². The predicted octanol–water partition coefficient (Wildman–Crippen LogP) is 2.52. The van der Waals surface area contributed by atoms with Crippen LogP contribution in [0, 0.1) is 23.2 Å². The summed E-state index contributed by atoms with van der Waals surface area (Å²) in [5.74, 6) is 5.75. The molecule has 0 N–H and O–H groups in total. The Balaban J connectivity index is 1.82. The summed E-state index contributed by atoms with van der Waals surface area (Å²) in [6.45, 7) is 5.57. The molecule has 15 heavy (non-hydrogen) atoms. The van der Waals surface area contributed by atoms with E-state index < -0.39 is 5.60 Å². The third-order valence-corrected chi connectivity index (χ3v) is 3.29. The standard InChI is InChI=1S/C13H18O2/c1-12(2,3)15-11(14)6-5-10-9-13(10)7-4-8-13/h10H,4,7-9H2,1-3H3. The maximum Gasteiger partial charge on any atom is 0.384 e. The van der Waals surface area contributed by atoms with E-state index in [2.05, 4.69) is 11.8 Å². The fourth-order valence-corrected chi connectivity index (χ4v) is 2.18.